The summed E-state index contributed by atoms with van der Waals surface area (Å²) in [5, 5.41) is 0.954. The summed E-state index contributed by atoms with van der Waals surface area (Å²) in [6, 6.07) is 6.22. The van der Waals surface area contributed by atoms with Crippen molar-refractivity contribution in [2.45, 2.75) is 64.7 Å². The molecular weight excluding hydrogens is 292 g/mol. The molecule has 0 saturated heterocycles. The maximum atomic E-state index is 4.40. The molecule has 1 nitrogen and oxygen atoms in total. The molecule has 21 heavy (non-hydrogen) atoms. The molecule has 0 saturated carbocycles. The van der Waals surface area contributed by atoms with Gasteiger partial charge in [-0.05, 0) is 53.8 Å². The standard InChI is InChI=1S/C18H33NP2/c1-17(2,3)21(18(4,5)6)15-9-13-20-14-11-16-10-7-8-12-19-16/h7-8,10,12,20H,9,11,13-15H2,1-6H3. The van der Waals surface area contributed by atoms with Crippen LogP contribution in [0.5, 0.6) is 0 Å². The first-order chi connectivity index (χ1) is 9.71. The molecule has 0 aliphatic rings. The summed E-state index contributed by atoms with van der Waals surface area (Å²) < 4.78 is 0. The van der Waals surface area contributed by atoms with Gasteiger partial charge in [-0.25, -0.2) is 0 Å². The van der Waals surface area contributed by atoms with Crippen LogP contribution in [0.15, 0.2) is 24.4 Å². The Morgan fingerprint density at radius 1 is 1.00 bits per heavy atom. The predicted molar refractivity (Wildman–Crippen MR) is 102 cm³/mol. The molecule has 1 rings (SSSR count). The molecule has 1 atom stereocenters. The van der Waals surface area contributed by atoms with Gasteiger partial charge >= 0.3 is 0 Å². The molecule has 1 aromatic heterocycles. The zero-order valence-corrected chi connectivity index (χ0v) is 16.6. The van der Waals surface area contributed by atoms with Crippen molar-refractivity contribution in [3.63, 3.8) is 0 Å². The van der Waals surface area contributed by atoms with E-state index in [4.69, 9.17) is 0 Å². The molecule has 0 aliphatic heterocycles. The minimum atomic E-state index is 0.0846. The number of hydrogen-bond acceptors (Lipinski definition) is 1. The Bertz CT molecular complexity index is 376. The van der Waals surface area contributed by atoms with Crippen LogP contribution in [0.1, 0.15) is 53.7 Å². The number of aromatic nitrogens is 1. The van der Waals surface area contributed by atoms with E-state index in [2.05, 4.69) is 58.7 Å². The van der Waals surface area contributed by atoms with Gasteiger partial charge in [-0.15, -0.1) is 8.58 Å². The summed E-state index contributed by atoms with van der Waals surface area (Å²) in [5.41, 5.74) is 1.25. The van der Waals surface area contributed by atoms with Gasteiger partial charge in [0.2, 0.25) is 0 Å². The molecule has 0 N–H and O–H groups in total. The molecular formula is C18H33NP2. The molecule has 1 aromatic rings. The van der Waals surface area contributed by atoms with Crippen molar-refractivity contribution in [3.8, 4) is 0 Å². The fourth-order valence-electron chi connectivity index (χ4n) is 2.93. The van der Waals surface area contributed by atoms with E-state index in [1.165, 1.54) is 30.6 Å². The lowest BCUT2D eigenvalue weighted by Gasteiger charge is -2.41. The highest BCUT2D eigenvalue weighted by molar-refractivity contribution is 7.60. The molecule has 0 radical (unpaired) electrons. The average Bonchev–Trinajstić information content (AvgIpc) is 2.35. The number of nitrogens with zero attached hydrogens (tertiary/aromatic N) is 1. The van der Waals surface area contributed by atoms with Crippen LogP contribution in [0.2, 0.25) is 0 Å². The molecule has 0 aliphatic carbocycles. The summed E-state index contributed by atoms with van der Waals surface area (Å²) >= 11 is 0. The second kappa shape index (κ2) is 8.59. The van der Waals surface area contributed by atoms with Crippen LogP contribution in [0, 0.1) is 0 Å². The molecule has 0 aromatic carbocycles. The number of pyridine rings is 1. The number of rotatable bonds is 7. The van der Waals surface area contributed by atoms with Crippen LogP contribution in [0.4, 0.5) is 0 Å². The highest BCUT2D eigenvalue weighted by Gasteiger charge is 2.33. The van der Waals surface area contributed by atoms with Crippen molar-refractivity contribution in [2.24, 2.45) is 0 Å². The van der Waals surface area contributed by atoms with Crippen LogP contribution < -0.4 is 0 Å². The Balaban J connectivity index is 2.23. The zero-order valence-electron chi connectivity index (χ0n) is 14.7. The first-order valence-electron chi connectivity index (χ1n) is 8.09. The quantitative estimate of drug-likeness (QED) is 0.458. The Morgan fingerprint density at radius 2 is 1.67 bits per heavy atom. The molecule has 0 bridgehead atoms. The Hall–Kier alpha value is 0.01000. The Morgan fingerprint density at radius 3 is 2.19 bits per heavy atom. The summed E-state index contributed by atoms with van der Waals surface area (Å²) in [7, 11) is 1.18. The van der Waals surface area contributed by atoms with Gasteiger partial charge in [0.15, 0.2) is 0 Å². The van der Waals surface area contributed by atoms with E-state index in [9.17, 15) is 0 Å². The monoisotopic (exact) mass is 325 g/mol. The maximum absolute atomic E-state index is 4.40. The van der Waals surface area contributed by atoms with Crippen LogP contribution in [-0.4, -0.2) is 33.8 Å². The fourth-order valence-corrected chi connectivity index (χ4v) is 8.16. The molecule has 1 heterocycles. The lowest BCUT2D eigenvalue weighted by atomic mass is 10.2. The van der Waals surface area contributed by atoms with E-state index in [1.54, 1.807) is 0 Å². The third-order valence-electron chi connectivity index (χ3n) is 3.64. The van der Waals surface area contributed by atoms with E-state index >= 15 is 0 Å². The molecule has 1 unspecified atom stereocenters. The van der Waals surface area contributed by atoms with Crippen molar-refractivity contribution in [2.75, 3.05) is 18.5 Å². The maximum Gasteiger partial charge on any atom is 0.0407 e. The van der Waals surface area contributed by atoms with Gasteiger partial charge in [-0.3, -0.25) is 4.98 Å². The average molecular weight is 325 g/mol. The van der Waals surface area contributed by atoms with Gasteiger partial charge in [-0.2, -0.15) is 0 Å². The normalized spacial score (nSPS) is 13.5. The van der Waals surface area contributed by atoms with Crippen molar-refractivity contribution in [1.29, 1.82) is 0 Å². The van der Waals surface area contributed by atoms with E-state index in [1.807, 2.05) is 12.3 Å². The molecule has 120 valence electrons. The van der Waals surface area contributed by atoms with Gasteiger partial charge in [0.25, 0.3) is 0 Å². The van der Waals surface area contributed by atoms with Crippen LogP contribution >= 0.6 is 16.5 Å². The van der Waals surface area contributed by atoms with Gasteiger partial charge in [0.05, 0.1) is 0 Å². The minimum absolute atomic E-state index is 0.0846. The van der Waals surface area contributed by atoms with Crippen molar-refractivity contribution >= 4 is 16.5 Å². The first kappa shape index (κ1) is 19.1. The van der Waals surface area contributed by atoms with Gasteiger partial charge < -0.3 is 0 Å². The fraction of sp³-hybridized carbons (Fsp3) is 0.722. The van der Waals surface area contributed by atoms with E-state index in [0.29, 0.717) is 10.3 Å². The smallest absolute Gasteiger partial charge is 0.0407 e. The molecule has 0 amide bonds. The Kier molecular flexibility index (Phi) is 7.80. The van der Waals surface area contributed by atoms with Gasteiger partial charge in [0, 0.05) is 11.9 Å². The molecule has 0 spiro atoms. The predicted octanol–water partition coefficient (Wildman–Crippen LogP) is 5.77. The largest absolute Gasteiger partial charge is 0.261 e. The number of aryl methyl sites for hydroxylation is 1. The van der Waals surface area contributed by atoms with Crippen molar-refractivity contribution < 1.29 is 0 Å². The highest BCUT2D eigenvalue weighted by atomic mass is 31.1. The van der Waals surface area contributed by atoms with Crippen molar-refractivity contribution in [3.05, 3.63) is 30.1 Å². The minimum Gasteiger partial charge on any atom is -0.261 e. The van der Waals surface area contributed by atoms with E-state index < -0.39 is 0 Å². The first-order valence-corrected chi connectivity index (χ1v) is 11.0. The van der Waals surface area contributed by atoms with Crippen LogP contribution in [-0.2, 0) is 6.42 Å². The summed E-state index contributed by atoms with van der Waals surface area (Å²) in [4.78, 5) is 4.40. The second-order valence-corrected chi connectivity index (χ2v) is 13.2. The molecule has 3 heteroatoms. The zero-order chi connectivity index (χ0) is 15.9. The van der Waals surface area contributed by atoms with Gasteiger partial charge in [-0.1, -0.05) is 55.5 Å². The summed E-state index contributed by atoms with van der Waals surface area (Å²) in [6.45, 7) is 14.5. The lowest BCUT2D eigenvalue weighted by Crippen LogP contribution is -2.26. The summed E-state index contributed by atoms with van der Waals surface area (Å²) in [5.74, 6) is 0. The third-order valence-corrected chi connectivity index (χ3v) is 8.95. The number of hydrogen-bond donors (Lipinski definition) is 0. The Labute approximate surface area is 135 Å². The van der Waals surface area contributed by atoms with Crippen LogP contribution in [0.25, 0.3) is 0 Å². The summed E-state index contributed by atoms with van der Waals surface area (Å²) in [6.07, 6.45) is 8.59. The van der Waals surface area contributed by atoms with Gasteiger partial charge in [0.1, 0.15) is 0 Å². The van der Waals surface area contributed by atoms with E-state index in [0.717, 1.165) is 15.0 Å². The van der Waals surface area contributed by atoms with Crippen LogP contribution in [0.3, 0.4) is 0 Å². The lowest BCUT2D eigenvalue weighted by molar-refractivity contribution is 0.701. The van der Waals surface area contributed by atoms with Crippen molar-refractivity contribution in [1.82, 2.24) is 4.98 Å². The topological polar surface area (TPSA) is 12.9 Å². The highest BCUT2D eigenvalue weighted by Crippen LogP contribution is 2.59. The third kappa shape index (κ3) is 7.71. The second-order valence-electron chi connectivity index (χ2n) is 7.67. The van der Waals surface area contributed by atoms with E-state index in [-0.39, 0.29) is 7.92 Å². The molecule has 0 fully saturated rings. The SMILES string of the molecule is CC(C)(C)P(CCCPCCc1ccccn1)C(C)(C)C.